The molecule has 0 aliphatic heterocycles. The number of rotatable bonds is 3. The van der Waals surface area contributed by atoms with Gasteiger partial charge in [-0.1, -0.05) is 18.2 Å². The van der Waals surface area contributed by atoms with Gasteiger partial charge in [-0.3, -0.25) is 14.8 Å². The maximum Gasteiger partial charge on any atom is 0.253 e. The van der Waals surface area contributed by atoms with Crippen LogP contribution in [0, 0.1) is 0 Å². The van der Waals surface area contributed by atoms with E-state index in [0.29, 0.717) is 5.56 Å². The molecule has 122 valence electrons. The van der Waals surface area contributed by atoms with E-state index in [0.717, 1.165) is 22.3 Å². The number of nitrogens with one attached hydrogen (secondary N) is 2. The maximum absolute atomic E-state index is 12.3. The van der Waals surface area contributed by atoms with Gasteiger partial charge in [0, 0.05) is 23.3 Å². The number of hydrogen-bond donors (Lipinski definition) is 2. The van der Waals surface area contributed by atoms with Crippen LogP contribution >= 0.6 is 0 Å². The lowest BCUT2D eigenvalue weighted by atomic mass is 10.1. The molecule has 0 aliphatic carbocycles. The van der Waals surface area contributed by atoms with Crippen LogP contribution < -0.4 is 10.6 Å². The molecule has 0 saturated heterocycles. The van der Waals surface area contributed by atoms with Crippen LogP contribution in [-0.4, -0.2) is 21.4 Å². The molecule has 3 aromatic rings. The smallest absolute Gasteiger partial charge is 0.253 e. The summed E-state index contributed by atoms with van der Waals surface area (Å²) in [6.45, 7) is 5.84. The molecule has 0 spiro atoms. The number of fused-ring (bicyclic) bond motifs is 1. The number of carbonyl (C=O) groups is 1. The van der Waals surface area contributed by atoms with Gasteiger partial charge < -0.3 is 10.6 Å². The van der Waals surface area contributed by atoms with Gasteiger partial charge in [-0.05, 0) is 39.0 Å². The van der Waals surface area contributed by atoms with Gasteiger partial charge in [0.25, 0.3) is 5.91 Å². The van der Waals surface area contributed by atoms with Gasteiger partial charge >= 0.3 is 0 Å². The molecule has 5 nitrogen and oxygen atoms in total. The number of amides is 1. The molecule has 2 aromatic heterocycles. The molecule has 0 saturated carbocycles. The number of carbonyl (C=O) groups excluding carboxylic acids is 1. The molecular weight excluding hydrogens is 300 g/mol. The van der Waals surface area contributed by atoms with Gasteiger partial charge in [-0.25, -0.2) is 0 Å². The first-order valence-corrected chi connectivity index (χ1v) is 7.81. The molecular formula is C19H20N4O. The highest BCUT2D eigenvalue weighted by Crippen LogP contribution is 2.24. The number of pyridine rings is 2. The lowest BCUT2D eigenvalue weighted by molar-refractivity contribution is 0.0919. The van der Waals surface area contributed by atoms with Crippen LogP contribution in [0.3, 0.4) is 0 Å². The zero-order valence-electron chi connectivity index (χ0n) is 14.0. The molecule has 2 heterocycles. The molecule has 0 atom stereocenters. The first-order valence-electron chi connectivity index (χ1n) is 7.81. The van der Waals surface area contributed by atoms with E-state index < -0.39 is 0 Å². The topological polar surface area (TPSA) is 66.9 Å². The Labute approximate surface area is 141 Å². The fourth-order valence-electron chi connectivity index (χ4n) is 2.41. The van der Waals surface area contributed by atoms with Crippen molar-refractivity contribution in [1.82, 2.24) is 15.3 Å². The van der Waals surface area contributed by atoms with E-state index >= 15 is 0 Å². The second-order valence-electron chi connectivity index (χ2n) is 6.67. The maximum atomic E-state index is 12.3. The van der Waals surface area contributed by atoms with Gasteiger partial charge in [-0.2, -0.15) is 0 Å². The molecule has 2 N–H and O–H groups in total. The number of anilines is 2. The van der Waals surface area contributed by atoms with Gasteiger partial charge in [-0.15, -0.1) is 0 Å². The first kappa shape index (κ1) is 15.9. The van der Waals surface area contributed by atoms with Crippen molar-refractivity contribution >= 4 is 28.2 Å². The molecule has 0 bridgehead atoms. The predicted molar refractivity (Wildman–Crippen MR) is 96.5 cm³/mol. The quantitative estimate of drug-likeness (QED) is 0.768. The van der Waals surface area contributed by atoms with E-state index in [9.17, 15) is 4.79 Å². The third kappa shape index (κ3) is 3.68. The van der Waals surface area contributed by atoms with Gasteiger partial charge in [0.1, 0.15) is 0 Å². The monoisotopic (exact) mass is 320 g/mol. The second kappa shape index (κ2) is 6.28. The van der Waals surface area contributed by atoms with Crippen molar-refractivity contribution in [2.75, 3.05) is 5.32 Å². The number of nitrogens with zero attached hydrogens (tertiary/aromatic N) is 2. The third-order valence-electron chi connectivity index (χ3n) is 3.40. The Morgan fingerprint density at radius 3 is 2.67 bits per heavy atom. The second-order valence-corrected chi connectivity index (χ2v) is 6.67. The summed E-state index contributed by atoms with van der Waals surface area (Å²) in [4.78, 5) is 20.9. The van der Waals surface area contributed by atoms with Crippen molar-refractivity contribution in [3.8, 4) is 0 Å². The van der Waals surface area contributed by atoms with Crippen LogP contribution in [0.2, 0.25) is 0 Å². The van der Waals surface area contributed by atoms with Gasteiger partial charge in [0.2, 0.25) is 0 Å². The normalized spacial score (nSPS) is 11.3. The number of benzene rings is 1. The number of para-hydroxylation sites is 1. The Hall–Kier alpha value is -2.95. The largest absolute Gasteiger partial charge is 0.352 e. The van der Waals surface area contributed by atoms with Crippen LogP contribution in [0.1, 0.15) is 31.1 Å². The Bertz CT molecular complexity index is 878. The summed E-state index contributed by atoms with van der Waals surface area (Å²) in [5.41, 5.74) is 2.73. The molecule has 5 heteroatoms. The summed E-state index contributed by atoms with van der Waals surface area (Å²) in [6, 6.07) is 11.6. The Balaban J connectivity index is 1.88. The van der Waals surface area contributed by atoms with Crippen molar-refractivity contribution in [2.45, 2.75) is 26.3 Å². The van der Waals surface area contributed by atoms with Crippen molar-refractivity contribution in [2.24, 2.45) is 0 Å². The number of hydrogen-bond acceptors (Lipinski definition) is 4. The van der Waals surface area contributed by atoms with Crippen molar-refractivity contribution in [3.63, 3.8) is 0 Å². The van der Waals surface area contributed by atoms with E-state index in [1.165, 1.54) is 0 Å². The van der Waals surface area contributed by atoms with Crippen LogP contribution in [0.15, 0.2) is 55.0 Å². The van der Waals surface area contributed by atoms with Crippen molar-refractivity contribution < 1.29 is 4.79 Å². The molecule has 1 amide bonds. The van der Waals surface area contributed by atoms with Crippen LogP contribution in [-0.2, 0) is 0 Å². The highest BCUT2D eigenvalue weighted by atomic mass is 16.1. The fourth-order valence-corrected chi connectivity index (χ4v) is 2.41. The van der Waals surface area contributed by atoms with E-state index in [1.54, 1.807) is 24.7 Å². The number of aromatic nitrogens is 2. The summed E-state index contributed by atoms with van der Waals surface area (Å²) in [6.07, 6.45) is 5.02. The molecule has 24 heavy (non-hydrogen) atoms. The van der Waals surface area contributed by atoms with Crippen LogP contribution in [0.25, 0.3) is 10.9 Å². The summed E-state index contributed by atoms with van der Waals surface area (Å²) in [5, 5.41) is 7.29. The zero-order valence-corrected chi connectivity index (χ0v) is 14.0. The highest BCUT2D eigenvalue weighted by molar-refractivity contribution is 5.96. The average Bonchev–Trinajstić information content (AvgIpc) is 2.54. The minimum absolute atomic E-state index is 0.144. The molecule has 0 unspecified atom stereocenters. The van der Waals surface area contributed by atoms with Crippen molar-refractivity contribution in [1.29, 1.82) is 0 Å². The Morgan fingerprint density at radius 2 is 1.88 bits per heavy atom. The summed E-state index contributed by atoms with van der Waals surface area (Å²) < 4.78 is 0. The zero-order chi connectivity index (χ0) is 17.2. The Kier molecular flexibility index (Phi) is 4.16. The minimum Gasteiger partial charge on any atom is -0.352 e. The average molecular weight is 320 g/mol. The Morgan fingerprint density at radius 1 is 1.08 bits per heavy atom. The predicted octanol–water partition coefficient (Wildman–Crippen LogP) is 3.90. The van der Waals surface area contributed by atoms with E-state index in [2.05, 4.69) is 20.6 Å². The van der Waals surface area contributed by atoms with E-state index in [4.69, 9.17) is 0 Å². The SMILES string of the molecule is CC(C)(C)NC(=O)c1cncc(Nc2cccc3cccnc23)c1. The van der Waals surface area contributed by atoms with Crippen LogP contribution in [0.5, 0.6) is 0 Å². The third-order valence-corrected chi connectivity index (χ3v) is 3.40. The van der Waals surface area contributed by atoms with Gasteiger partial charge in [0.15, 0.2) is 0 Å². The van der Waals surface area contributed by atoms with Crippen LogP contribution in [0.4, 0.5) is 11.4 Å². The molecule has 0 aliphatic rings. The highest BCUT2D eigenvalue weighted by Gasteiger charge is 2.16. The van der Waals surface area contributed by atoms with E-state index in [1.807, 2.05) is 51.1 Å². The lowest BCUT2D eigenvalue weighted by Crippen LogP contribution is -2.40. The summed E-state index contributed by atoms with van der Waals surface area (Å²) in [7, 11) is 0. The summed E-state index contributed by atoms with van der Waals surface area (Å²) >= 11 is 0. The van der Waals surface area contributed by atoms with Gasteiger partial charge in [0.05, 0.1) is 28.7 Å². The first-order chi connectivity index (χ1) is 11.4. The molecule has 0 radical (unpaired) electrons. The fraction of sp³-hybridized carbons (Fsp3) is 0.211. The van der Waals surface area contributed by atoms with Crippen molar-refractivity contribution in [3.05, 3.63) is 60.6 Å². The minimum atomic E-state index is -0.292. The molecule has 1 aromatic carbocycles. The standard InChI is InChI=1S/C19H20N4O/c1-19(2,3)23-18(24)14-10-15(12-20-11-14)22-16-8-4-6-13-7-5-9-21-17(13)16/h4-12,22H,1-3H3,(H,23,24). The lowest BCUT2D eigenvalue weighted by Gasteiger charge is -2.20. The molecule has 3 rings (SSSR count). The van der Waals surface area contributed by atoms with E-state index in [-0.39, 0.29) is 11.4 Å². The molecule has 0 fully saturated rings. The summed E-state index contributed by atoms with van der Waals surface area (Å²) in [5.74, 6) is -0.144.